The standard InChI is InChI=1S/C22H28N8O2/c1-23-22(31)26-16-6-4-15(5-7-16)19-27-20(29-9-11-32-12-10-29)18-14-25-30(21(18)28-19)17-3-2-8-24-13-17/h4-7,14,17,24H,2-3,8-13H2,1H3,(H2,23,26,31). The average molecular weight is 437 g/mol. The van der Waals surface area contributed by atoms with Gasteiger partial charge in [0.15, 0.2) is 11.5 Å². The van der Waals surface area contributed by atoms with E-state index in [0.29, 0.717) is 24.7 Å². The first-order valence-corrected chi connectivity index (χ1v) is 11.1. The molecular weight excluding hydrogens is 408 g/mol. The maximum Gasteiger partial charge on any atom is 0.318 e. The smallest absolute Gasteiger partial charge is 0.318 e. The number of carbonyl (C=O) groups is 1. The lowest BCUT2D eigenvalue weighted by Gasteiger charge is -2.28. The molecule has 10 heteroatoms. The van der Waals surface area contributed by atoms with Crippen molar-refractivity contribution in [2.75, 3.05) is 56.7 Å². The average Bonchev–Trinajstić information content (AvgIpc) is 3.29. The first-order chi connectivity index (χ1) is 15.7. The molecule has 0 spiro atoms. The molecule has 0 bridgehead atoms. The lowest BCUT2D eigenvalue weighted by molar-refractivity contribution is 0.122. The molecule has 10 nitrogen and oxygen atoms in total. The lowest BCUT2D eigenvalue weighted by atomic mass is 10.1. The van der Waals surface area contributed by atoms with Crippen molar-refractivity contribution < 1.29 is 9.53 Å². The van der Waals surface area contributed by atoms with Gasteiger partial charge in [-0.25, -0.2) is 19.4 Å². The number of nitrogens with zero attached hydrogens (tertiary/aromatic N) is 5. The molecule has 0 aliphatic carbocycles. The van der Waals surface area contributed by atoms with Gasteiger partial charge in [-0.15, -0.1) is 0 Å². The molecule has 5 rings (SSSR count). The van der Waals surface area contributed by atoms with E-state index in [-0.39, 0.29) is 12.1 Å². The molecular formula is C22H28N8O2. The minimum Gasteiger partial charge on any atom is -0.378 e. The summed E-state index contributed by atoms with van der Waals surface area (Å²) in [5, 5.41) is 14.5. The molecule has 32 heavy (non-hydrogen) atoms. The van der Waals surface area contributed by atoms with Gasteiger partial charge in [0.25, 0.3) is 0 Å². The number of fused-ring (bicyclic) bond motifs is 1. The highest BCUT2D eigenvalue weighted by Crippen LogP contribution is 2.31. The molecule has 2 aliphatic rings. The Balaban J connectivity index is 1.56. The second kappa shape index (κ2) is 9.09. The molecule has 0 radical (unpaired) electrons. The minimum absolute atomic E-state index is 0.255. The van der Waals surface area contributed by atoms with Gasteiger partial charge in [0, 0.05) is 37.9 Å². The van der Waals surface area contributed by atoms with Gasteiger partial charge in [-0.2, -0.15) is 5.10 Å². The van der Waals surface area contributed by atoms with E-state index in [1.165, 1.54) is 0 Å². The van der Waals surface area contributed by atoms with E-state index >= 15 is 0 Å². The number of aromatic nitrogens is 4. The van der Waals surface area contributed by atoms with Crippen LogP contribution in [-0.4, -0.2) is 72.2 Å². The zero-order valence-electron chi connectivity index (χ0n) is 18.2. The monoisotopic (exact) mass is 436 g/mol. The second-order valence-corrected chi connectivity index (χ2v) is 8.08. The highest BCUT2D eigenvalue weighted by Gasteiger charge is 2.24. The maximum absolute atomic E-state index is 11.6. The number of hydrogen-bond donors (Lipinski definition) is 3. The summed E-state index contributed by atoms with van der Waals surface area (Å²) in [5.74, 6) is 1.55. The van der Waals surface area contributed by atoms with Crippen LogP contribution in [0.25, 0.3) is 22.4 Å². The van der Waals surface area contributed by atoms with Crippen molar-refractivity contribution in [1.29, 1.82) is 0 Å². The topological polar surface area (TPSA) is 109 Å². The molecule has 1 aromatic carbocycles. The maximum atomic E-state index is 11.6. The van der Waals surface area contributed by atoms with Crippen LogP contribution in [0.2, 0.25) is 0 Å². The third-order valence-corrected chi connectivity index (χ3v) is 5.99. The van der Waals surface area contributed by atoms with Crippen molar-refractivity contribution >= 4 is 28.6 Å². The van der Waals surface area contributed by atoms with E-state index < -0.39 is 0 Å². The van der Waals surface area contributed by atoms with E-state index in [0.717, 1.165) is 61.4 Å². The number of piperidine rings is 1. The number of amides is 2. The number of carbonyl (C=O) groups excluding carboxylic acids is 1. The summed E-state index contributed by atoms with van der Waals surface area (Å²) < 4.78 is 7.60. The fourth-order valence-electron chi connectivity index (χ4n) is 4.26. The first kappa shape index (κ1) is 20.7. The summed E-state index contributed by atoms with van der Waals surface area (Å²) in [6, 6.07) is 7.59. The van der Waals surface area contributed by atoms with Gasteiger partial charge in [-0.1, -0.05) is 0 Å². The second-order valence-electron chi connectivity index (χ2n) is 8.08. The molecule has 2 amide bonds. The van der Waals surface area contributed by atoms with Crippen molar-refractivity contribution in [1.82, 2.24) is 30.4 Å². The van der Waals surface area contributed by atoms with Crippen molar-refractivity contribution in [2.24, 2.45) is 0 Å². The zero-order chi connectivity index (χ0) is 21.9. The number of benzene rings is 1. The van der Waals surface area contributed by atoms with Crippen LogP contribution in [0.4, 0.5) is 16.3 Å². The Labute approximate surface area is 186 Å². The summed E-state index contributed by atoms with van der Waals surface area (Å²) in [4.78, 5) is 23.7. The summed E-state index contributed by atoms with van der Waals surface area (Å²) in [6.07, 6.45) is 4.10. The summed E-state index contributed by atoms with van der Waals surface area (Å²) >= 11 is 0. The third kappa shape index (κ3) is 4.11. The number of ether oxygens (including phenoxy) is 1. The first-order valence-electron chi connectivity index (χ1n) is 11.1. The number of nitrogens with one attached hydrogen (secondary N) is 3. The number of anilines is 2. The van der Waals surface area contributed by atoms with Crippen LogP contribution in [0, 0.1) is 0 Å². The third-order valence-electron chi connectivity index (χ3n) is 5.99. The molecule has 4 heterocycles. The molecule has 3 aromatic rings. The Morgan fingerprint density at radius 1 is 1.19 bits per heavy atom. The SMILES string of the molecule is CNC(=O)Nc1ccc(-c2nc(N3CCOCC3)c3cnn(C4CCCNC4)c3n2)cc1. The van der Waals surface area contributed by atoms with Crippen LogP contribution in [0.1, 0.15) is 18.9 Å². The molecule has 1 unspecified atom stereocenters. The van der Waals surface area contributed by atoms with E-state index in [9.17, 15) is 4.79 Å². The molecule has 1 atom stereocenters. The van der Waals surface area contributed by atoms with Gasteiger partial charge in [-0.05, 0) is 43.7 Å². The van der Waals surface area contributed by atoms with E-state index in [4.69, 9.17) is 19.8 Å². The van der Waals surface area contributed by atoms with Crippen LogP contribution in [-0.2, 0) is 4.74 Å². The van der Waals surface area contributed by atoms with Crippen molar-refractivity contribution in [2.45, 2.75) is 18.9 Å². The molecule has 2 aromatic heterocycles. The van der Waals surface area contributed by atoms with Crippen LogP contribution in [0.3, 0.4) is 0 Å². The summed E-state index contributed by atoms with van der Waals surface area (Å²) in [5.41, 5.74) is 2.46. The van der Waals surface area contributed by atoms with Crippen molar-refractivity contribution in [3.8, 4) is 11.4 Å². The van der Waals surface area contributed by atoms with E-state index in [1.54, 1.807) is 7.05 Å². The summed E-state index contributed by atoms with van der Waals surface area (Å²) in [6.45, 7) is 4.88. The van der Waals surface area contributed by atoms with Gasteiger partial charge < -0.3 is 25.6 Å². The Bertz CT molecular complexity index is 1090. The van der Waals surface area contributed by atoms with Gasteiger partial charge in [0.1, 0.15) is 5.82 Å². The predicted octanol–water partition coefficient (Wildman–Crippen LogP) is 2.01. The van der Waals surface area contributed by atoms with Gasteiger partial charge in [0.2, 0.25) is 0 Å². The molecule has 168 valence electrons. The molecule has 2 fully saturated rings. The lowest BCUT2D eigenvalue weighted by Crippen LogP contribution is -2.37. The van der Waals surface area contributed by atoms with Crippen LogP contribution >= 0.6 is 0 Å². The molecule has 2 aliphatic heterocycles. The van der Waals surface area contributed by atoms with Gasteiger partial charge >= 0.3 is 6.03 Å². The van der Waals surface area contributed by atoms with Gasteiger partial charge in [0.05, 0.1) is 30.8 Å². The quantitative estimate of drug-likeness (QED) is 0.574. The molecule has 3 N–H and O–H groups in total. The highest BCUT2D eigenvalue weighted by molar-refractivity contribution is 5.90. The number of morpholine rings is 1. The molecule has 0 saturated carbocycles. The zero-order valence-corrected chi connectivity index (χ0v) is 18.2. The van der Waals surface area contributed by atoms with Crippen LogP contribution in [0.5, 0.6) is 0 Å². The van der Waals surface area contributed by atoms with Crippen LogP contribution in [0.15, 0.2) is 30.5 Å². The number of hydrogen-bond acceptors (Lipinski definition) is 7. The Hall–Kier alpha value is -3.24. The van der Waals surface area contributed by atoms with Crippen LogP contribution < -0.4 is 20.9 Å². The van der Waals surface area contributed by atoms with E-state index in [1.807, 2.05) is 30.5 Å². The Morgan fingerprint density at radius 3 is 2.72 bits per heavy atom. The number of rotatable bonds is 4. The minimum atomic E-state index is -0.255. The largest absolute Gasteiger partial charge is 0.378 e. The normalized spacial score (nSPS) is 19.2. The van der Waals surface area contributed by atoms with Crippen molar-refractivity contribution in [3.05, 3.63) is 30.5 Å². The predicted molar refractivity (Wildman–Crippen MR) is 123 cm³/mol. The number of urea groups is 1. The summed E-state index contributed by atoms with van der Waals surface area (Å²) in [7, 11) is 1.59. The fourth-order valence-corrected chi connectivity index (χ4v) is 4.26. The fraction of sp³-hybridized carbons (Fsp3) is 0.455. The Kier molecular flexibility index (Phi) is 5.87. The Morgan fingerprint density at radius 2 is 2.00 bits per heavy atom. The highest BCUT2D eigenvalue weighted by atomic mass is 16.5. The van der Waals surface area contributed by atoms with E-state index in [2.05, 4.69) is 25.5 Å². The molecule has 2 saturated heterocycles. The van der Waals surface area contributed by atoms with Gasteiger partial charge in [-0.3, -0.25) is 0 Å². The van der Waals surface area contributed by atoms with Crippen molar-refractivity contribution in [3.63, 3.8) is 0 Å².